The van der Waals surface area contributed by atoms with Crippen LogP contribution in [0.5, 0.6) is 0 Å². The number of carboxylic acids is 1. The summed E-state index contributed by atoms with van der Waals surface area (Å²) in [6, 6.07) is 1.80. The minimum Gasteiger partial charge on any atom is -0.477 e. The second-order valence-corrected chi connectivity index (χ2v) is 6.20. The molecule has 18 heavy (non-hydrogen) atoms. The van der Waals surface area contributed by atoms with Crippen molar-refractivity contribution >= 4 is 17.3 Å². The molecule has 0 spiro atoms. The summed E-state index contributed by atoms with van der Waals surface area (Å²) in [6.45, 7) is 8.76. The maximum Gasteiger partial charge on any atom is 0.345 e. The van der Waals surface area contributed by atoms with Gasteiger partial charge in [-0.3, -0.25) is 4.90 Å². The number of thiophene rings is 1. The monoisotopic (exact) mass is 269 g/mol. The van der Waals surface area contributed by atoms with Crippen LogP contribution in [0.25, 0.3) is 0 Å². The van der Waals surface area contributed by atoms with Crippen molar-refractivity contribution in [1.29, 1.82) is 0 Å². The van der Waals surface area contributed by atoms with Crippen molar-refractivity contribution in [1.82, 2.24) is 4.90 Å². The van der Waals surface area contributed by atoms with E-state index in [2.05, 4.69) is 18.7 Å². The van der Waals surface area contributed by atoms with Gasteiger partial charge in [-0.1, -0.05) is 0 Å². The highest BCUT2D eigenvalue weighted by atomic mass is 32.1. The van der Waals surface area contributed by atoms with Gasteiger partial charge in [0.05, 0.1) is 12.2 Å². The molecular weight excluding hydrogens is 250 g/mol. The first-order chi connectivity index (χ1) is 8.45. The fraction of sp³-hybridized carbons (Fsp3) is 0.615. The fourth-order valence-corrected chi connectivity index (χ4v) is 3.31. The van der Waals surface area contributed by atoms with Crippen LogP contribution in [0, 0.1) is 6.92 Å². The Labute approximate surface area is 111 Å². The molecule has 1 aromatic heterocycles. The maximum absolute atomic E-state index is 10.9. The Morgan fingerprint density at radius 2 is 2.11 bits per heavy atom. The van der Waals surface area contributed by atoms with Crippen molar-refractivity contribution < 1.29 is 14.6 Å². The predicted octanol–water partition coefficient (Wildman–Crippen LogP) is 2.36. The van der Waals surface area contributed by atoms with E-state index in [-0.39, 0.29) is 12.2 Å². The molecule has 1 aliphatic heterocycles. The van der Waals surface area contributed by atoms with E-state index >= 15 is 0 Å². The average Bonchev–Trinajstić information content (AvgIpc) is 2.59. The van der Waals surface area contributed by atoms with Gasteiger partial charge in [0.25, 0.3) is 0 Å². The van der Waals surface area contributed by atoms with Crippen molar-refractivity contribution in [2.75, 3.05) is 13.1 Å². The summed E-state index contributed by atoms with van der Waals surface area (Å²) in [5, 5.41) is 8.99. The molecule has 100 valence electrons. The van der Waals surface area contributed by atoms with Gasteiger partial charge in [0.15, 0.2) is 0 Å². The quantitative estimate of drug-likeness (QED) is 0.915. The van der Waals surface area contributed by atoms with Gasteiger partial charge >= 0.3 is 5.97 Å². The van der Waals surface area contributed by atoms with E-state index in [9.17, 15) is 4.79 Å². The first kappa shape index (κ1) is 13.5. The second kappa shape index (κ2) is 5.38. The molecule has 4 nitrogen and oxygen atoms in total. The molecule has 0 radical (unpaired) electrons. The lowest BCUT2D eigenvalue weighted by Gasteiger charge is -2.35. The third kappa shape index (κ3) is 3.10. The molecule has 2 atom stereocenters. The standard InChI is InChI=1S/C13H19NO3S/c1-8-5-14(6-9(2)17-8)7-11-4-12(13(15)16)18-10(11)3/h4,8-9H,5-7H2,1-3H3,(H,15,16)/t8-,9+. The van der Waals surface area contributed by atoms with Gasteiger partial charge in [0, 0.05) is 24.5 Å². The largest absolute Gasteiger partial charge is 0.477 e. The summed E-state index contributed by atoms with van der Waals surface area (Å²) in [5.41, 5.74) is 1.12. The van der Waals surface area contributed by atoms with Crippen LogP contribution in [0.4, 0.5) is 0 Å². The molecule has 1 aromatic rings. The van der Waals surface area contributed by atoms with Crippen LogP contribution < -0.4 is 0 Å². The SMILES string of the molecule is Cc1sc(C(=O)O)cc1CN1C[C@@H](C)O[C@@H](C)C1. The average molecular weight is 269 g/mol. The van der Waals surface area contributed by atoms with Crippen molar-refractivity contribution in [3.8, 4) is 0 Å². The predicted molar refractivity (Wildman–Crippen MR) is 71.3 cm³/mol. The summed E-state index contributed by atoms with van der Waals surface area (Å²) < 4.78 is 5.69. The van der Waals surface area contributed by atoms with Gasteiger partial charge in [-0.15, -0.1) is 11.3 Å². The molecule has 0 saturated carbocycles. The van der Waals surface area contributed by atoms with E-state index in [1.165, 1.54) is 11.3 Å². The van der Waals surface area contributed by atoms with Gasteiger partial charge in [0.1, 0.15) is 4.88 Å². The molecule has 2 rings (SSSR count). The van der Waals surface area contributed by atoms with Crippen LogP contribution in [0.1, 0.15) is 34.0 Å². The Morgan fingerprint density at radius 3 is 2.61 bits per heavy atom. The summed E-state index contributed by atoms with van der Waals surface area (Å²) in [7, 11) is 0. The molecule has 0 aliphatic carbocycles. The normalized spacial score (nSPS) is 25.3. The van der Waals surface area contributed by atoms with E-state index in [4.69, 9.17) is 9.84 Å². The van der Waals surface area contributed by atoms with E-state index < -0.39 is 5.97 Å². The number of hydrogen-bond donors (Lipinski definition) is 1. The minimum absolute atomic E-state index is 0.242. The van der Waals surface area contributed by atoms with Crippen molar-refractivity contribution in [2.24, 2.45) is 0 Å². The molecule has 1 aliphatic rings. The highest BCUT2D eigenvalue weighted by Gasteiger charge is 2.23. The molecular formula is C13H19NO3S. The minimum atomic E-state index is -0.835. The number of rotatable bonds is 3. The lowest BCUT2D eigenvalue weighted by Crippen LogP contribution is -2.44. The van der Waals surface area contributed by atoms with Crippen molar-refractivity contribution in [3.63, 3.8) is 0 Å². The highest BCUT2D eigenvalue weighted by molar-refractivity contribution is 7.14. The van der Waals surface area contributed by atoms with E-state index in [0.29, 0.717) is 4.88 Å². The Morgan fingerprint density at radius 1 is 1.50 bits per heavy atom. The number of aryl methyl sites for hydroxylation is 1. The van der Waals surface area contributed by atoms with Gasteiger partial charge in [0.2, 0.25) is 0 Å². The first-order valence-corrected chi connectivity index (χ1v) is 6.97. The first-order valence-electron chi connectivity index (χ1n) is 6.16. The number of ether oxygens (including phenoxy) is 1. The number of carboxylic acid groups (broad SMARTS) is 1. The zero-order valence-electron chi connectivity index (χ0n) is 11.0. The highest BCUT2D eigenvalue weighted by Crippen LogP contribution is 2.24. The number of aromatic carboxylic acids is 1. The summed E-state index contributed by atoms with van der Waals surface area (Å²) in [5.74, 6) is -0.835. The molecule has 1 saturated heterocycles. The van der Waals surface area contributed by atoms with Crippen LogP contribution in [-0.2, 0) is 11.3 Å². The van der Waals surface area contributed by atoms with Crippen LogP contribution in [0.3, 0.4) is 0 Å². The molecule has 2 heterocycles. The Hall–Kier alpha value is -0.910. The molecule has 5 heteroatoms. The third-order valence-electron chi connectivity index (χ3n) is 3.12. The van der Waals surface area contributed by atoms with Crippen molar-refractivity contribution in [3.05, 3.63) is 21.4 Å². The number of hydrogen-bond acceptors (Lipinski definition) is 4. The summed E-state index contributed by atoms with van der Waals surface area (Å²) in [4.78, 5) is 14.8. The molecule has 0 aromatic carbocycles. The Kier molecular flexibility index (Phi) is 4.04. The molecule has 0 unspecified atom stereocenters. The summed E-state index contributed by atoms with van der Waals surface area (Å²) in [6.07, 6.45) is 0.485. The molecule has 1 N–H and O–H groups in total. The smallest absolute Gasteiger partial charge is 0.345 e. The second-order valence-electron chi connectivity index (χ2n) is 4.95. The van der Waals surface area contributed by atoms with E-state index in [1.54, 1.807) is 6.07 Å². The third-order valence-corrected chi connectivity index (χ3v) is 4.20. The molecule has 1 fully saturated rings. The fourth-order valence-electron chi connectivity index (χ4n) is 2.44. The Bertz CT molecular complexity index is 433. The van der Waals surface area contributed by atoms with Crippen molar-refractivity contribution in [2.45, 2.75) is 39.5 Å². The number of carbonyl (C=O) groups is 1. The topological polar surface area (TPSA) is 49.8 Å². The summed E-state index contributed by atoms with van der Waals surface area (Å²) >= 11 is 1.36. The molecule has 0 amide bonds. The molecule has 0 bridgehead atoms. The number of nitrogens with zero attached hydrogens (tertiary/aromatic N) is 1. The lowest BCUT2D eigenvalue weighted by atomic mass is 10.2. The van der Waals surface area contributed by atoms with Crippen LogP contribution in [0.15, 0.2) is 6.07 Å². The Balaban J connectivity index is 2.06. The zero-order chi connectivity index (χ0) is 13.3. The maximum atomic E-state index is 10.9. The van der Waals surface area contributed by atoms with E-state index in [1.807, 2.05) is 6.92 Å². The lowest BCUT2D eigenvalue weighted by molar-refractivity contribution is -0.0705. The van der Waals surface area contributed by atoms with Crippen LogP contribution in [0.2, 0.25) is 0 Å². The van der Waals surface area contributed by atoms with Gasteiger partial charge in [-0.2, -0.15) is 0 Å². The van der Waals surface area contributed by atoms with Gasteiger partial charge in [-0.05, 0) is 32.4 Å². The van der Waals surface area contributed by atoms with Crippen LogP contribution >= 0.6 is 11.3 Å². The van der Waals surface area contributed by atoms with Gasteiger partial charge < -0.3 is 9.84 Å². The van der Waals surface area contributed by atoms with E-state index in [0.717, 1.165) is 30.1 Å². The number of morpholine rings is 1. The zero-order valence-corrected chi connectivity index (χ0v) is 11.8. The van der Waals surface area contributed by atoms with Gasteiger partial charge in [-0.25, -0.2) is 4.79 Å². The van der Waals surface area contributed by atoms with Crippen LogP contribution in [-0.4, -0.2) is 41.3 Å².